The van der Waals surface area contributed by atoms with Crippen LogP contribution in [-0.2, 0) is 15.7 Å². The van der Waals surface area contributed by atoms with Crippen molar-refractivity contribution in [2.45, 2.75) is 6.18 Å². The highest BCUT2D eigenvalue weighted by molar-refractivity contribution is 6.14. The van der Waals surface area contributed by atoms with E-state index in [0.717, 1.165) is 18.2 Å². The van der Waals surface area contributed by atoms with Crippen molar-refractivity contribution in [1.82, 2.24) is 0 Å². The number of nitrogens with one attached hydrogen (secondary N) is 1. The number of ketones is 1. The van der Waals surface area contributed by atoms with E-state index in [2.05, 4.69) is 10.1 Å². The summed E-state index contributed by atoms with van der Waals surface area (Å²) in [7, 11) is 1.31. The summed E-state index contributed by atoms with van der Waals surface area (Å²) in [5, 5.41) is 2.39. The molecule has 0 unspecified atom stereocenters. The van der Waals surface area contributed by atoms with E-state index in [0.29, 0.717) is 0 Å². The number of ether oxygens (including phenoxy) is 1. The predicted octanol–water partition coefficient (Wildman–Crippen LogP) is 3.52. The summed E-state index contributed by atoms with van der Waals surface area (Å²) in [6, 6.07) is 10.5. The molecule has 4 nitrogen and oxygen atoms in total. The van der Waals surface area contributed by atoms with Crippen molar-refractivity contribution in [2.75, 3.05) is 19.0 Å². The average Bonchev–Trinajstić information content (AvgIpc) is 2.54. The summed E-state index contributed by atoms with van der Waals surface area (Å²) in [4.78, 5) is 24.2. The Hall–Kier alpha value is -2.67. The van der Waals surface area contributed by atoms with Crippen LogP contribution in [-0.4, -0.2) is 25.4 Å². The number of hydrogen-bond acceptors (Lipinski definition) is 3. The average molecular weight is 337 g/mol. The quantitative estimate of drug-likeness (QED) is 0.850. The number of methoxy groups -OCH3 is 1. The number of benzene rings is 2. The second-order valence-electron chi connectivity index (χ2n) is 4.93. The van der Waals surface area contributed by atoms with E-state index in [9.17, 15) is 22.8 Å². The predicted molar refractivity (Wildman–Crippen MR) is 81.8 cm³/mol. The van der Waals surface area contributed by atoms with Gasteiger partial charge in [-0.05, 0) is 18.2 Å². The molecule has 0 fully saturated rings. The van der Waals surface area contributed by atoms with Crippen molar-refractivity contribution >= 4 is 17.4 Å². The number of halogens is 3. The van der Waals surface area contributed by atoms with Crippen molar-refractivity contribution in [3.8, 4) is 0 Å². The summed E-state index contributed by atoms with van der Waals surface area (Å²) in [6.07, 6.45) is -4.60. The van der Waals surface area contributed by atoms with E-state index >= 15 is 0 Å². The largest absolute Gasteiger partial charge is 0.416 e. The molecule has 0 aliphatic rings. The van der Waals surface area contributed by atoms with E-state index < -0.39 is 23.4 Å². The smallest absolute Gasteiger partial charge is 0.375 e. The van der Waals surface area contributed by atoms with Gasteiger partial charge in [-0.1, -0.05) is 30.3 Å². The molecule has 0 aromatic heterocycles. The minimum absolute atomic E-state index is 0.00102. The fraction of sp³-hybridized carbons (Fsp3) is 0.176. The third kappa shape index (κ3) is 4.20. The van der Waals surface area contributed by atoms with Crippen LogP contribution in [0, 0.1) is 0 Å². The summed E-state index contributed by atoms with van der Waals surface area (Å²) >= 11 is 0. The lowest BCUT2D eigenvalue weighted by atomic mass is 9.99. The van der Waals surface area contributed by atoms with Gasteiger partial charge < -0.3 is 10.1 Å². The van der Waals surface area contributed by atoms with E-state index in [1.165, 1.54) is 19.2 Å². The molecule has 2 aromatic rings. The van der Waals surface area contributed by atoms with Gasteiger partial charge in [-0.2, -0.15) is 13.2 Å². The van der Waals surface area contributed by atoms with Gasteiger partial charge in [0, 0.05) is 18.2 Å². The maximum atomic E-state index is 12.9. The highest BCUT2D eigenvalue weighted by atomic mass is 19.4. The molecule has 126 valence electrons. The molecule has 0 atom stereocenters. The Morgan fingerprint density at radius 2 is 1.75 bits per heavy atom. The first kappa shape index (κ1) is 17.7. The van der Waals surface area contributed by atoms with Crippen LogP contribution in [0.2, 0.25) is 0 Å². The zero-order valence-electron chi connectivity index (χ0n) is 12.7. The first-order valence-corrected chi connectivity index (χ1v) is 6.92. The molecule has 0 bridgehead atoms. The van der Waals surface area contributed by atoms with Crippen molar-refractivity contribution < 1.29 is 27.5 Å². The molecule has 0 aliphatic carbocycles. The van der Waals surface area contributed by atoms with Gasteiger partial charge in [-0.3, -0.25) is 9.59 Å². The molecule has 0 saturated heterocycles. The Morgan fingerprint density at radius 3 is 2.33 bits per heavy atom. The number of anilines is 1. The van der Waals surface area contributed by atoms with Crippen LogP contribution in [0.3, 0.4) is 0 Å². The third-order valence-corrected chi connectivity index (χ3v) is 3.18. The van der Waals surface area contributed by atoms with Crippen LogP contribution >= 0.6 is 0 Å². The van der Waals surface area contributed by atoms with Gasteiger partial charge in [0.05, 0.1) is 11.3 Å². The first-order chi connectivity index (χ1) is 11.3. The Bertz CT molecular complexity index is 742. The number of rotatable bonds is 5. The van der Waals surface area contributed by atoms with Crippen molar-refractivity contribution in [3.63, 3.8) is 0 Å². The van der Waals surface area contributed by atoms with Gasteiger partial charge in [-0.25, -0.2) is 0 Å². The topological polar surface area (TPSA) is 55.4 Å². The molecule has 0 heterocycles. The van der Waals surface area contributed by atoms with Gasteiger partial charge in [0.15, 0.2) is 5.78 Å². The fourth-order valence-corrected chi connectivity index (χ4v) is 2.08. The summed E-state index contributed by atoms with van der Waals surface area (Å²) in [5.74, 6) is -1.19. The van der Waals surface area contributed by atoms with E-state index in [-0.39, 0.29) is 23.4 Å². The van der Waals surface area contributed by atoms with Gasteiger partial charge in [-0.15, -0.1) is 0 Å². The number of carbonyl (C=O) groups excluding carboxylic acids is 2. The van der Waals surface area contributed by atoms with Crippen LogP contribution in [0.15, 0.2) is 48.5 Å². The van der Waals surface area contributed by atoms with E-state index in [1.807, 2.05) is 0 Å². The van der Waals surface area contributed by atoms with Crippen molar-refractivity contribution in [3.05, 3.63) is 65.2 Å². The second kappa shape index (κ2) is 7.27. The lowest BCUT2D eigenvalue weighted by Crippen LogP contribution is -2.20. The Balaban J connectivity index is 2.47. The van der Waals surface area contributed by atoms with Crippen LogP contribution in [0.1, 0.15) is 21.5 Å². The molecular weight excluding hydrogens is 323 g/mol. The van der Waals surface area contributed by atoms with Gasteiger partial charge in [0.1, 0.15) is 6.61 Å². The zero-order valence-corrected chi connectivity index (χ0v) is 12.7. The lowest BCUT2D eigenvalue weighted by Gasteiger charge is -2.14. The molecule has 2 aromatic carbocycles. The lowest BCUT2D eigenvalue weighted by molar-refractivity contribution is -0.137. The van der Waals surface area contributed by atoms with Gasteiger partial charge in [0.25, 0.3) is 0 Å². The maximum Gasteiger partial charge on any atom is 0.416 e. The normalized spacial score (nSPS) is 11.2. The van der Waals surface area contributed by atoms with Gasteiger partial charge >= 0.3 is 6.18 Å². The number of alkyl halides is 3. The Kier molecular flexibility index (Phi) is 5.35. The minimum Gasteiger partial charge on any atom is -0.375 e. The maximum absolute atomic E-state index is 12.9. The van der Waals surface area contributed by atoms with Crippen LogP contribution in [0.25, 0.3) is 0 Å². The first-order valence-electron chi connectivity index (χ1n) is 6.92. The van der Waals surface area contributed by atoms with Crippen molar-refractivity contribution in [2.24, 2.45) is 0 Å². The van der Waals surface area contributed by atoms with Crippen LogP contribution < -0.4 is 5.32 Å². The molecule has 7 heteroatoms. The number of carbonyl (C=O) groups is 2. The molecule has 0 spiro atoms. The minimum atomic E-state index is -4.60. The summed E-state index contributed by atoms with van der Waals surface area (Å²) < 4.78 is 43.5. The molecule has 0 radical (unpaired) electrons. The molecule has 24 heavy (non-hydrogen) atoms. The van der Waals surface area contributed by atoms with Gasteiger partial charge in [0.2, 0.25) is 5.91 Å². The molecule has 0 aliphatic heterocycles. The zero-order chi connectivity index (χ0) is 17.7. The Labute approximate surface area is 136 Å². The van der Waals surface area contributed by atoms with E-state index in [1.54, 1.807) is 18.2 Å². The summed E-state index contributed by atoms with van der Waals surface area (Å²) in [6.45, 7) is -0.278. The highest BCUT2D eigenvalue weighted by Crippen LogP contribution is 2.32. The van der Waals surface area contributed by atoms with E-state index in [4.69, 9.17) is 0 Å². The SMILES string of the molecule is COCC(=O)Nc1ccc(C(F)(F)F)cc1C(=O)c1ccccc1. The summed E-state index contributed by atoms with van der Waals surface area (Å²) in [5.41, 5.74) is -0.982. The van der Waals surface area contributed by atoms with Crippen molar-refractivity contribution in [1.29, 1.82) is 0 Å². The monoisotopic (exact) mass is 337 g/mol. The highest BCUT2D eigenvalue weighted by Gasteiger charge is 2.32. The number of hydrogen-bond donors (Lipinski definition) is 1. The molecular formula is C17H14F3NO3. The van der Waals surface area contributed by atoms with Crippen LogP contribution in [0.5, 0.6) is 0 Å². The number of amides is 1. The molecule has 1 amide bonds. The standard InChI is InChI=1S/C17H14F3NO3/c1-24-10-15(22)21-14-8-7-12(17(18,19)20)9-13(14)16(23)11-5-3-2-4-6-11/h2-9H,10H2,1H3,(H,21,22). The third-order valence-electron chi connectivity index (χ3n) is 3.18. The Morgan fingerprint density at radius 1 is 1.08 bits per heavy atom. The molecule has 2 rings (SSSR count). The molecule has 0 saturated carbocycles. The molecule has 1 N–H and O–H groups in total. The van der Waals surface area contributed by atoms with Crippen LogP contribution in [0.4, 0.5) is 18.9 Å². The fourth-order valence-electron chi connectivity index (χ4n) is 2.08. The second-order valence-corrected chi connectivity index (χ2v) is 4.93.